The molecule has 1 aromatic rings. The van der Waals surface area contributed by atoms with Crippen LogP contribution in [0.15, 0.2) is 18.2 Å². The molecule has 1 unspecified atom stereocenters. The average molecular weight is 339 g/mol. The lowest BCUT2D eigenvalue weighted by Gasteiger charge is -2.04. The molecular formula is C19H31ClN2O. The van der Waals surface area contributed by atoms with Gasteiger partial charge in [-0.2, -0.15) is 5.26 Å². The first-order chi connectivity index (χ1) is 10.7. The molecule has 1 aromatic carbocycles. The van der Waals surface area contributed by atoms with Crippen molar-refractivity contribution < 1.29 is 5.11 Å². The number of benzene rings is 1. The van der Waals surface area contributed by atoms with E-state index in [9.17, 15) is 0 Å². The summed E-state index contributed by atoms with van der Waals surface area (Å²) in [6.07, 6.45) is 4.19. The van der Waals surface area contributed by atoms with Crippen molar-refractivity contribution in [1.82, 2.24) is 5.32 Å². The van der Waals surface area contributed by atoms with Crippen LogP contribution in [0.25, 0.3) is 0 Å². The van der Waals surface area contributed by atoms with Crippen molar-refractivity contribution in [3.05, 3.63) is 34.3 Å². The van der Waals surface area contributed by atoms with Gasteiger partial charge in [0.1, 0.15) is 6.07 Å². The Bertz CT molecular complexity index is 477. The summed E-state index contributed by atoms with van der Waals surface area (Å²) in [5, 5.41) is 20.9. The molecule has 1 heterocycles. The van der Waals surface area contributed by atoms with Crippen molar-refractivity contribution >= 4 is 11.6 Å². The number of hydrogen-bond acceptors (Lipinski definition) is 3. The van der Waals surface area contributed by atoms with Crippen LogP contribution < -0.4 is 5.32 Å². The largest absolute Gasteiger partial charge is 0.391 e. The summed E-state index contributed by atoms with van der Waals surface area (Å²) in [6.45, 7) is 12.0. The topological polar surface area (TPSA) is 56.0 Å². The fraction of sp³-hybridized carbons (Fsp3) is 0.632. The third-order valence-corrected chi connectivity index (χ3v) is 3.42. The zero-order chi connectivity index (χ0) is 17.9. The second kappa shape index (κ2) is 11.5. The van der Waals surface area contributed by atoms with E-state index in [0.29, 0.717) is 10.6 Å². The monoisotopic (exact) mass is 338 g/mol. The van der Waals surface area contributed by atoms with Crippen LogP contribution in [-0.4, -0.2) is 23.8 Å². The summed E-state index contributed by atoms with van der Waals surface area (Å²) in [5.74, 6) is 1.000. The molecule has 0 saturated carbocycles. The normalized spacial score (nSPS) is 16.5. The van der Waals surface area contributed by atoms with Crippen LogP contribution in [-0.2, 0) is 0 Å². The molecule has 3 nitrogen and oxygen atoms in total. The van der Waals surface area contributed by atoms with E-state index in [1.807, 2.05) is 19.1 Å². The Kier molecular flexibility index (Phi) is 10.9. The molecule has 23 heavy (non-hydrogen) atoms. The Hall–Kier alpha value is -1.08. The number of nitriles is 1. The molecule has 130 valence electrons. The van der Waals surface area contributed by atoms with Gasteiger partial charge in [0.2, 0.25) is 0 Å². The van der Waals surface area contributed by atoms with Gasteiger partial charge in [-0.25, -0.2) is 0 Å². The first kappa shape index (κ1) is 21.9. The summed E-state index contributed by atoms with van der Waals surface area (Å²) in [6, 6.07) is 7.35. The summed E-state index contributed by atoms with van der Waals surface area (Å²) in [5.41, 5.74) is 1.11. The second-order valence-corrected chi connectivity index (χ2v) is 7.32. The van der Waals surface area contributed by atoms with Crippen LogP contribution >= 0.6 is 11.6 Å². The quantitative estimate of drug-likeness (QED) is 0.822. The third kappa shape index (κ3) is 13.1. The predicted molar refractivity (Wildman–Crippen MR) is 98.8 cm³/mol. The minimum absolute atomic E-state index is 0.500. The van der Waals surface area contributed by atoms with Crippen LogP contribution in [0.2, 0.25) is 5.02 Å². The molecule has 0 amide bonds. The zero-order valence-corrected chi connectivity index (χ0v) is 15.9. The first-order valence-corrected chi connectivity index (χ1v) is 8.64. The number of hydrogen-bond donors (Lipinski definition) is 2. The zero-order valence-electron chi connectivity index (χ0n) is 15.1. The van der Waals surface area contributed by atoms with Crippen LogP contribution in [0.5, 0.6) is 0 Å². The van der Waals surface area contributed by atoms with E-state index in [1.54, 1.807) is 32.9 Å². The molecule has 1 aliphatic heterocycles. The Morgan fingerprint density at radius 3 is 2.39 bits per heavy atom. The number of nitrogens with zero attached hydrogens (tertiary/aromatic N) is 1. The minimum atomic E-state index is -0.500. The molecule has 4 heteroatoms. The Morgan fingerprint density at radius 1 is 1.39 bits per heavy atom. The van der Waals surface area contributed by atoms with E-state index in [4.69, 9.17) is 22.0 Å². The molecule has 0 spiro atoms. The molecule has 0 aromatic heterocycles. The molecule has 1 atom stereocenters. The maximum atomic E-state index is 8.52. The predicted octanol–water partition coefficient (Wildman–Crippen LogP) is 4.69. The molecule has 1 fully saturated rings. The highest BCUT2D eigenvalue weighted by Crippen LogP contribution is 2.15. The Labute approximate surface area is 146 Å². The highest BCUT2D eigenvalue weighted by Gasteiger charge is 2.11. The number of aryl methyl sites for hydroxylation is 1. The summed E-state index contributed by atoms with van der Waals surface area (Å²) in [4.78, 5) is 0. The number of nitrogens with one attached hydrogen (secondary N) is 1. The maximum absolute atomic E-state index is 8.52. The van der Waals surface area contributed by atoms with Crippen LogP contribution in [0.1, 0.15) is 58.1 Å². The highest BCUT2D eigenvalue weighted by atomic mass is 35.5. The molecule has 1 saturated heterocycles. The molecule has 0 aliphatic carbocycles. The highest BCUT2D eigenvalue weighted by molar-refractivity contribution is 6.31. The Morgan fingerprint density at radius 2 is 2.00 bits per heavy atom. The maximum Gasteiger partial charge on any atom is 0.101 e. The Balaban J connectivity index is 0.000000335. The summed E-state index contributed by atoms with van der Waals surface area (Å²) >= 11 is 5.71. The van der Waals surface area contributed by atoms with Gasteiger partial charge in [-0.1, -0.05) is 31.0 Å². The molecular weight excluding hydrogens is 308 g/mol. The van der Waals surface area contributed by atoms with Crippen molar-refractivity contribution in [3.63, 3.8) is 0 Å². The number of aliphatic hydroxyl groups is 1. The fourth-order valence-electron chi connectivity index (χ4n) is 2.08. The van der Waals surface area contributed by atoms with Crippen LogP contribution in [0.4, 0.5) is 0 Å². The van der Waals surface area contributed by atoms with E-state index in [0.717, 1.165) is 11.5 Å². The van der Waals surface area contributed by atoms with Crippen molar-refractivity contribution in [2.24, 2.45) is 5.92 Å². The second-order valence-electron chi connectivity index (χ2n) is 6.91. The van der Waals surface area contributed by atoms with E-state index in [2.05, 4.69) is 12.2 Å². The van der Waals surface area contributed by atoms with Gasteiger partial charge < -0.3 is 10.4 Å². The standard InChI is InChI=1S/C8H6ClN.C7H15N.C4H10O/c1-6-2-3-7(5-10)8(9)4-6;1-2-3-7-4-5-8-6-7;1-4(2,3)5/h2-4H,1H3;7-8H,2-6H2,1H3;5H,1-3H3. The first-order valence-electron chi connectivity index (χ1n) is 8.26. The molecule has 1 aliphatic rings. The van der Waals surface area contributed by atoms with Crippen molar-refractivity contribution in [2.75, 3.05) is 13.1 Å². The number of halogens is 1. The van der Waals surface area contributed by atoms with Gasteiger partial charge in [-0.15, -0.1) is 0 Å². The minimum Gasteiger partial charge on any atom is -0.391 e. The fourth-order valence-corrected chi connectivity index (χ4v) is 2.36. The lowest BCUT2D eigenvalue weighted by Crippen LogP contribution is -2.10. The van der Waals surface area contributed by atoms with E-state index in [1.165, 1.54) is 32.4 Å². The SMILES string of the molecule is CC(C)(C)O.CCCC1CCNC1.Cc1ccc(C#N)c(Cl)c1. The molecule has 0 radical (unpaired) electrons. The van der Waals surface area contributed by atoms with Crippen LogP contribution in [0, 0.1) is 24.2 Å². The van der Waals surface area contributed by atoms with Crippen molar-refractivity contribution in [1.29, 1.82) is 5.26 Å². The lowest BCUT2D eigenvalue weighted by atomic mass is 10.0. The average Bonchev–Trinajstić information content (AvgIpc) is 2.91. The van der Waals surface area contributed by atoms with Gasteiger partial charge in [0.15, 0.2) is 0 Å². The van der Waals surface area contributed by atoms with Gasteiger partial charge in [0.25, 0.3) is 0 Å². The van der Waals surface area contributed by atoms with Gasteiger partial charge in [-0.05, 0) is 77.2 Å². The van der Waals surface area contributed by atoms with Crippen molar-refractivity contribution in [3.8, 4) is 6.07 Å². The smallest absolute Gasteiger partial charge is 0.101 e. The summed E-state index contributed by atoms with van der Waals surface area (Å²) in [7, 11) is 0. The van der Waals surface area contributed by atoms with E-state index >= 15 is 0 Å². The van der Waals surface area contributed by atoms with Gasteiger partial charge in [0.05, 0.1) is 16.2 Å². The van der Waals surface area contributed by atoms with Gasteiger partial charge in [-0.3, -0.25) is 0 Å². The van der Waals surface area contributed by atoms with Gasteiger partial charge >= 0.3 is 0 Å². The third-order valence-electron chi connectivity index (χ3n) is 3.10. The van der Waals surface area contributed by atoms with E-state index in [-0.39, 0.29) is 0 Å². The molecule has 0 bridgehead atoms. The van der Waals surface area contributed by atoms with Crippen molar-refractivity contribution in [2.45, 2.75) is 59.5 Å². The number of rotatable bonds is 2. The van der Waals surface area contributed by atoms with Gasteiger partial charge in [0, 0.05) is 0 Å². The molecule has 2 rings (SSSR count). The van der Waals surface area contributed by atoms with Crippen LogP contribution in [0.3, 0.4) is 0 Å². The molecule has 2 N–H and O–H groups in total. The lowest BCUT2D eigenvalue weighted by molar-refractivity contribution is 0.102. The summed E-state index contributed by atoms with van der Waals surface area (Å²) < 4.78 is 0. The van der Waals surface area contributed by atoms with E-state index < -0.39 is 5.60 Å².